The molecule has 2 heterocycles. The van der Waals surface area contributed by atoms with Gasteiger partial charge in [-0.3, -0.25) is 14.0 Å². The van der Waals surface area contributed by atoms with E-state index < -0.39 is 33.8 Å². The molecule has 48 heavy (non-hydrogen) atoms. The second-order valence-corrected chi connectivity index (χ2v) is 15.0. The lowest BCUT2D eigenvalue weighted by Crippen LogP contribution is -2.34. The smallest absolute Gasteiger partial charge is 0.303 e. The number of aryl methyl sites for hydroxylation is 2. The fourth-order valence-corrected chi connectivity index (χ4v) is 8.07. The summed E-state index contributed by atoms with van der Waals surface area (Å²) in [7, 11) is 0.396. The van der Waals surface area contributed by atoms with E-state index in [-0.39, 0.29) is 34.7 Å². The van der Waals surface area contributed by atoms with Crippen LogP contribution in [-0.4, -0.2) is 50.5 Å². The normalized spacial score (nSPS) is 21.5. The molecule has 0 spiro atoms. The average molecular weight is 677 g/mol. The number of nitrogens with zero attached hydrogens (tertiary/aromatic N) is 2. The molecule has 0 radical (unpaired) electrons. The van der Waals surface area contributed by atoms with Crippen LogP contribution in [0.25, 0.3) is 10.9 Å². The predicted octanol–water partition coefficient (Wildman–Crippen LogP) is 7.45. The Bertz CT molecular complexity index is 1920. The number of carboxylic acids is 1. The van der Waals surface area contributed by atoms with Gasteiger partial charge in [-0.2, -0.15) is 0 Å². The lowest BCUT2D eigenvalue weighted by atomic mass is 9.74. The fourth-order valence-electron chi connectivity index (χ4n) is 6.48. The Labute approximate surface area is 282 Å². The lowest BCUT2D eigenvalue weighted by Gasteiger charge is -2.32. The van der Waals surface area contributed by atoms with Gasteiger partial charge in [-0.05, 0) is 73.4 Å². The van der Waals surface area contributed by atoms with Crippen LogP contribution >= 0.6 is 0 Å². The Balaban J connectivity index is 1.63. The van der Waals surface area contributed by atoms with E-state index in [0.29, 0.717) is 47.7 Å². The molecule has 1 aliphatic rings. The van der Waals surface area contributed by atoms with E-state index >= 15 is 8.78 Å². The molecule has 8 nitrogen and oxygen atoms in total. The summed E-state index contributed by atoms with van der Waals surface area (Å²) in [6, 6.07) is 14.9. The predicted molar refractivity (Wildman–Crippen MR) is 188 cm³/mol. The average Bonchev–Trinajstić information content (AvgIpc) is 3.50. The molecule has 1 aromatic heterocycles. The molecule has 3 aromatic carbocycles. The molecule has 0 saturated carbocycles. The molecule has 0 aliphatic carbocycles. The third-order valence-corrected chi connectivity index (χ3v) is 10.8. The SMILES string of the molecule is CN=C1N=C(N)c2cc(ccc2F)Oc2c(F)cc3[nH]ccc3c2CCS(=O)CC(C)(C)CCCC1(C)c1cccc(CCC(=O)O)c1. The number of aromatic nitrogens is 1. The van der Waals surface area contributed by atoms with E-state index in [0.717, 1.165) is 29.4 Å². The zero-order valence-electron chi connectivity index (χ0n) is 27.7. The number of ether oxygens (including phenoxy) is 1. The number of amidine groups is 2. The number of halogens is 2. The highest BCUT2D eigenvalue weighted by molar-refractivity contribution is 7.85. The van der Waals surface area contributed by atoms with Crippen molar-refractivity contribution >= 4 is 39.3 Å². The Morgan fingerprint density at radius 2 is 1.90 bits per heavy atom. The number of hydrogen-bond acceptors (Lipinski definition) is 5. The van der Waals surface area contributed by atoms with Crippen LogP contribution in [0.15, 0.2) is 70.8 Å². The summed E-state index contributed by atoms with van der Waals surface area (Å²) in [4.78, 5) is 23.6. The van der Waals surface area contributed by atoms with Crippen molar-refractivity contribution in [1.82, 2.24) is 4.98 Å². The molecule has 0 saturated heterocycles. The van der Waals surface area contributed by atoms with Crippen LogP contribution in [0.4, 0.5) is 8.78 Å². The number of aliphatic imine (C=N–C) groups is 2. The molecule has 2 unspecified atom stereocenters. The molecular formula is C37H42F2N4O4S. The summed E-state index contributed by atoms with van der Waals surface area (Å²) in [5.74, 6) is -0.957. The monoisotopic (exact) mass is 676 g/mol. The summed E-state index contributed by atoms with van der Waals surface area (Å²) in [5.41, 5.74) is 8.32. The van der Waals surface area contributed by atoms with Crippen LogP contribution in [0.2, 0.25) is 0 Å². The highest BCUT2D eigenvalue weighted by Crippen LogP contribution is 2.38. The van der Waals surface area contributed by atoms with Gasteiger partial charge in [-0.25, -0.2) is 13.8 Å². The molecule has 11 heteroatoms. The van der Waals surface area contributed by atoms with Gasteiger partial charge in [-0.15, -0.1) is 0 Å². The van der Waals surface area contributed by atoms with Crippen LogP contribution in [0, 0.1) is 17.0 Å². The Morgan fingerprint density at radius 1 is 1.10 bits per heavy atom. The maximum atomic E-state index is 15.6. The first-order chi connectivity index (χ1) is 22.8. The lowest BCUT2D eigenvalue weighted by molar-refractivity contribution is -0.136. The number of nitrogens with two attached hydrogens (primary N) is 1. The van der Waals surface area contributed by atoms with Gasteiger partial charge in [0.05, 0.1) is 11.0 Å². The minimum atomic E-state index is -1.21. The van der Waals surface area contributed by atoms with Crippen molar-refractivity contribution in [3.63, 3.8) is 0 Å². The van der Waals surface area contributed by atoms with Gasteiger partial charge in [0.1, 0.15) is 23.2 Å². The van der Waals surface area contributed by atoms with Gasteiger partial charge < -0.3 is 20.6 Å². The zero-order valence-corrected chi connectivity index (χ0v) is 28.6. The number of fused-ring (bicyclic) bond motifs is 5. The number of rotatable bonds is 4. The van der Waals surface area contributed by atoms with Crippen molar-refractivity contribution in [2.24, 2.45) is 21.1 Å². The van der Waals surface area contributed by atoms with Gasteiger partial charge in [-0.1, -0.05) is 44.5 Å². The number of aromatic amines is 1. The molecular weight excluding hydrogens is 634 g/mol. The maximum Gasteiger partial charge on any atom is 0.303 e. The molecule has 2 bridgehead atoms. The van der Waals surface area contributed by atoms with E-state index in [4.69, 9.17) is 15.5 Å². The fraction of sp³-hybridized carbons (Fsp3) is 0.378. The summed E-state index contributed by atoms with van der Waals surface area (Å²) in [6.07, 6.45) is 4.45. The van der Waals surface area contributed by atoms with E-state index in [1.54, 1.807) is 13.2 Å². The second kappa shape index (κ2) is 14.4. The van der Waals surface area contributed by atoms with Crippen LogP contribution in [0.5, 0.6) is 11.5 Å². The van der Waals surface area contributed by atoms with Crippen molar-refractivity contribution < 1.29 is 27.6 Å². The molecule has 4 N–H and O–H groups in total. The Kier molecular flexibility index (Phi) is 10.5. The van der Waals surface area contributed by atoms with Crippen molar-refractivity contribution in [2.45, 2.75) is 64.7 Å². The molecule has 5 rings (SSSR count). The minimum absolute atomic E-state index is 0.00650. The van der Waals surface area contributed by atoms with Crippen molar-refractivity contribution in [3.05, 3.63) is 94.7 Å². The molecule has 0 amide bonds. The van der Waals surface area contributed by atoms with E-state index in [2.05, 4.69) is 23.8 Å². The summed E-state index contributed by atoms with van der Waals surface area (Å²) in [6.45, 7) is 6.19. The quantitative estimate of drug-likeness (QED) is 0.207. The Morgan fingerprint density at radius 3 is 2.65 bits per heavy atom. The third-order valence-electron chi connectivity index (χ3n) is 9.09. The van der Waals surface area contributed by atoms with Crippen molar-refractivity contribution in [3.8, 4) is 11.5 Å². The Hall–Kier alpha value is -4.38. The van der Waals surface area contributed by atoms with Gasteiger partial charge in [0, 0.05) is 64.5 Å². The highest BCUT2D eigenvalue weighted by Gasteiger charge is 2.34. The molecule has 4 aromatic rings. The highest BCUT2D eigenvalue weighted by atomic mass is 32.2. The second-order valence-electron chi connectivity index (χ2n) is 13.4. The number of hydrogen-bond donors (Lipinski definition) is 3. The van der Waals surface area contributed by atoms with E-state index in [1.165, 1.54) is 24.3 Å². The molecule has 2 atom stereocenters. The minimum Gasteiger partial charge on any atom is -0.481 e. The van der Waals surface area contributed by atoms with E-state index in [9.17, 15) is 14.1 Å². The number of carboxylic acid groups (broad SMARTS) is 1. The summed E-state index contributed by atoms with van der Waals surface area (Å²) in [5, 5.41) is 10.0. The van der Waals surface area contributed by atoms with Gasteiger partial charge in [0.25, 0.3) is 0 Å². The summed E-state index contributed by atoms with van der Waals surface area (Å²) < 4.78 is 50.5. The maximum absolute atomic E-state index is 15.6. The zero-order chi connectivity index (χ0) is 34.6. The van der Waals surface area contributed by atoms with Gasteiger partial charge >= 0.3 is 5.97 Å². The van der Waals surface area contributed by atoms with Crippen molar-refractivity contribution in [2.75, 3.05) is 18.6 Å². The standard InChI is InChI=1S/C37H42F2N4O4S/c1-36(2)15-6-16-37(3,24-8-5-7-23(19-24)9-12-32(44)45)35(41-4)43-34(40)28-20-25(10-11-29(28)38)47-33-27(14-18-48(46)22-36)26-13-17-42-31(26)21-30(33)39/h5,7-8,10-11,13,17,19-21,42H,6,9,12,14-16,18,22H2,1-4H3,(H,44,45)(H2,40,41,43). The van der Waals surface area contributed by atoms with E-state index in [1.807, 2.05) is 37.3 Å². The first kappa shape index (κ1) is 34.9. The number of carbonyl (C=O) groups is 1. The summed E-state index contributed by atoms with van der Waals surface area (Å²) >= 11 is 0. The van der Waals surface area contributed by atoms with Crippen LogP contribution in [0.3, 0.4) is 0 Å². The van der Waals surface area contributed by atoms with Crippen LogP contribution in [-0.2, 0) is 33.9 Å². The number of H-pyrrole nitrogens is 1. The van der Waals surface area contributed by atoms with Gasteiger partial charge in [0.15, 0.2) is 11.6 Å². The third kappa shape index (κ3) is 7.84. The first-order valence-electron chi connectivity index (χ1n) is 16.0. The topological polar surface area (TPSA) is 130 Å². The first-order valence-corrected chi connectivity index (χ1v) is 17.5. The van der Waals surface area contributed by atoms with Gasteiger partial charge in [0.2, 0.25) is 0 Å². The van der Waals surface area contributed by atoms with Crippen LogP contribution < -0.4 is 10.5 Å². The number of aliphatic carboxylic acids is 1. The molecule has 0 fully saturated rings. The number of benzene rings is 3. The number of nitrogens with one attached hydrogen (secondary N) is 1. The largest absolute Gasteiger partial charge is 0.481 e. The van der Waals surface area contributed by atoms with Crippen molar-refractivity contribution in [1.29, 1.82) is 0 Å². The molecule has 1 aliphatic heterocycles. The van der Waals surface area contributed by atoms with Crippen LogP contribution in [0.1, 0.15) is 68.7 Å². The molecule has 254 valence electrons.